The molecular weight excluding hydrogens is 144 g/mol. The minimum absolute atomic E-state index is 0.882. The highest BCUT2D eigenvalue weighted by Crippen LogP contribution is 2.17. The van der Waals surface area contributed by atoms with Gasteiger partial charge < -0.3 is 0 Å². The third kappa shape index (κ3) is 2.09. The molecule has 1 aromatic carbocycles. The minimum Gasteiger partial charge on any atom is -0.103 e. The van der Waals surface area contributed by atoms with Crippen LogP contribution in [0.3, 0.4) is 0 Å². The Bertz CT molecular complexity index is 267. The Hall–Kier alpha value is -1.30. The molecule has 0 aliphatic carbocycles. The summed E-state index contributed by atoms with van der Waals surface area (Å²) in [4.78, 5) is 0. The lowest BCUT2D eigenvalue weighted by molar-refractivity contribution is 1.40. The molecule has 61 valence electrons. The monoisotopic (exact) mass is 157 g/mol. The highest BCUT2D eigenvalue weighted by Gasteiger charge is 1.95. The molecular formula is C12H13. The van der Waals surface area contributed by atoms with Crippen LogP contribution in [0.4, 0.5) is 0 Å². The number of hydrogen-bond acceptors (Lipinski definition) is 0. The van der Waals surface area contributed by atoms with Crippen LogP contribution in [0.5, 0.6) is 0 Å². The van der Waals surface area contributed by atoms with Crippen LogP contribution in [0, 0.1) is 6.92 Å². The maximum absolute atomic E-state index is 3.77. The fraction of sp³-hybridized carbons (Fsp3) is 0.0833. The zero-order chi connectivity index (χ0) is 8.81. The zero-order valence-corrected chi connectivity index (χ0v) is 7.16. The molecule has 0 spiro atoms. The van der Waals surface area contributed by atoms with Crippen molar-refractivity contribution in [1.82, 2.24) is 0 Å². The molecule has 0 bridgehead atoms. The van der Waals surface area contributed by atoms with Crippen molar-refractivity contribution in [3.05, 3.63) is 61.5 Å². The molecule has 1 aromatic rings. The Morgan fingerprint density at radius 1 is 1.25 bits per heavy atom. The summed E-state index contributed by atoms with van der Waals surface area (Å²) < 4.78 is 0. The number of benzene rings is 1. The van der Waals surface area contributed by atoms with Crippen molar-refractivity contribution < 1.29 is 0 Å². The second-order valence-corrected chi connectivity index (χ2v) is 2.59. The van der Waals surface area contributed by atoms with Gasteiger partial charge in [-0.2, -0.15) is 0 Å². The van der Waals surface area contributed by atoms with Crippen LogP contribution < -0.4 is 0 Å². The summed E-state index contributed by atoms with van der Waals surface area (Å²) in [5.74, 6) is 0. The van der Waals surface area contributed by atoms with E-state index in [9.17, 15) is 0 Å². The molecule has 0 nitrogen and oxygen atoms in total. The van der Waals surface area contributed by atoms with Crippen molar-refractivity contribution in [3.8, 4) is 0 Å². The zero-order valence-electron chi connectivity index (χ0n) is 7.16. The fourth-order valence-electron chi connectivity index (χ4n) is 1.13. The second kappa shape index (κ2) is 4.55. The van der Waals surface area contributed by atoms with Crippen molar-refractivity contribution in [1.29, 1.82) is 0 Å². The lowest BCUT2D eigenvalue weighted by atomic mass is 10.0. The first kappa shape index (κ1) is 8.79. The van der Waals surface area contributed by atoms with Crippen LogP contribution in [0.25, 0.3) is 5.57 Å². The quantitative estimate of drug-likeness (QED) is 0.589. The average molecular weight is 157 g/mol. The maximum atomic E-state index is 3.77. The second-order valence-electron chi connectivity index (χ2n) is 2.59. The Labute approximate surface area is 74.2 Å². The summed E-state index contributed by atoms with van der Waals surface area (Å²) in [5.41, 5.74) is 2.46. The van der Waals surface area contributed by atoms with Gasteiger partial charge in [0.15, 0.2) is 0 Å². The molecule has 0 aliphatic heterocycles. The van der Waals surface area contributed by atoms with E-state index in [0.29, 0.717) is 0 Å². The highest BCUT2D eigenvalue weighted by molar-refractivity contribution is 5.66. The molecule has 0 aromatic heterocycles. The lowest BCUT2D eigenvalue weighted by Crippen LogP contribution is -1.80. The van der Waals surface area contributed by atoms with Crippen molar-refractivity contribution in [2.24, 2.45) is 0 Å². The van der Waals surface area contributed by atoms with Gasteiger partial charge in [-0.25, -0.2) is 0 Å². The summed E-state index contributed by atoms with van der Waals surface area (Å²) in [5, 5.41) is 0. The van der Waals surface area contributed by atoms with E-state index in [2.05, 4.69) is 25.6 Å². The molecule has 0 atom stereocenters. The van der Waals surface area contributed by atoms with E-state index in [1.807, 2.05) is 30.4 Å². The van der Waals surface area contributed by atoms with Crippen molar-refractivity contribution >= 4 is 5.57 Å². The molecule has 0 heteroatoms. The van der Waals surface area contributed by atoms with Crippen molar-refractivity contribution in [2.45, 2.75) is 6.42 Å². The predicted octanol–water partition coefficient (Wildman–Crippen LogP) is 3.48. The van der Waals surface area contributed by atoms with Gasteiger partial charge in [-0.05, 0) is 24.5 Å². The van der Waals surface area contributed by atoms with Crippen molar-refractivity contribution in [2.75, 3.05) is 0 Å². The van der Waals surface area contributed by atoms with Crippen LogP contribution in [0.2, 0.25) is 0 Å². The fourth-order valence-corrected chi connectivity index (χ4v) is 1.13. The summed E-state index contributed by atoms with van der Waals surface area (Å²) in [7, 11) is 0. The summed E-state index contributed by atoms with van der Waals surface area (Å²) in [6.07, 6.45) is 4.66. The van der Waals surface area contributed by atoms with E-state index in [1.54, 1.807) is 0 Å². The molecule has 0 fully saturated rings. The molecule has 1 rings (SSSR count). The van der Waals surface area contributed by atoms with Crippen LogP contribution in [-0.4, -0.2) is 0 Å². The van der Waals surface area contributed by atoms with Gasteiger partial charge in [-0.15, -0.1) is 6.58 Å². The standard InChI is InChI=1S/C12H13/c1-3-8-11(4-2)12-9-6-5-7-10-12/h3-7,9-10H,1-2,8H2. The third-order valence-corrected chi connectivity index (χ3v) is 1.76. The molecule has 0 unspecified atom stereocenters. The van der Waals surface area contributed by atoms with Crippen LogP contribution in [-0.2, 0) is 0 Å². The summed E-state index contributed by atoms with van der Waals surface area (Å²) >= 11 is 0. The van der Waals surface area contributed by atoms with Gasteiger partial charge >= 0.3 is 0 Å². The highest BCUT2D eigenvalue weighted by atomic mass is 14.0. The molecule has 0 amide bonds. The molecule has 1 radical (unpaired) electrons. The van der Waals surface area contributed by atoms with Crippen LogP contribution >= 0.6 is 0 Å². The van der Waals surface area contributed by atoms with Gasteiger partial charge in [0.05, 0.1) is 0 Å². The predicted molar refractivity (Wildman–Crippen MR) is 54.6 cm³/mol. The van der Waals surface area contributed by atoms with Gasteiger partial charge in [0.25, 0.3) is 0 Å². The number of allylic oxidation sites excluding steroid dienone is 3. The van der Waals surface area contributed by atoms with Crippen LogP contribution in [0.1, 0.15) is 12.0 Å². The topological polar surface area (TPSA) is 0 Å². The largest absolute Gasteiger partial charge is 0.103 e. The molecule has 12 heavy (non-hydrogen) atoms. The first-order valence-electron chi connectivity index (χ1n) is 4.03. The van der Waals surface area contributed by atoms with Gasteiger partial charge in [0, 0.05) is 0 Å². The SMILES string of the molecule is [CH2]C=C(CC=C)c1ccccc1. The van der Waals surface area contributed by atoms with Gasteiger partial charge in [0.2, 0.25) is 0 Å². The van der Waals surface area contributed by atoms with E-state index in [4.69, 9.17) is 0 Å². The molecule has 0 saturated heterocycles. The van der Waals surface area contributed by atoms with Crippen molar-refractivity contribution in [3.63, 3.8) is 0 Å². The minimum atomic E-state index is 0.882. The Kier molecular flexibility index (Phi) is 3.34. The van der Waals surface area contributed by atoms with E-state index < -0.39 is 0 Å². The average Bonchev–Trinajstić information content (AvgIpc) is 2.15. The molecule has 0 heterocycles. The van der Waals surface area contributed by atoms with E-state index in [-0.39, 0.29) is 0 Å². The molecule has 0 N–H and O–H groups in total. The summed E-state index contributed by atoms with van der Waals surface area (Å²) in [6.45, 7) is 7.48. The van der Waals surface area contributed by atoms with Gasteiger partial charge in [0.1, 0.15) is 0 Å². The summed E-state index contributed by atoms with van der Waals surface area (Å²) in [6, 6.07) is 10.2. The Morgan fingerprint density at radius 2 is 1.92 bits per heavy atom. The van der Waals surface area contributed by atoms with E-state index in [0.717, 1.165) is 6.42 Å². The lowest BCUT2D eigenvalue weighted by Gasteiger charge is -2.02. The number of hydrogen-bond donors (Lipinski definition) is 0. The number of rotatable bonds is 3. The maximum Gasteiger partial charge on any atom is -0.00974 e. The Balaban J connectivity index is 2.88. The normalized spacial score (nSPS) is 11.2. The third-order valence-electron chi connectivity index (χ3n) is 1.76. The van der Waals surface area contributed by atoms with Gasteiger partial charge in [-0.3, -0.25) is 0 Å². The molecule has 0 saturated carbocycles. The van der Waals surface area contributed by atoms with Crippen LogP contribution in [0.15, 0.2) is 49.1 Å². The smallest absolute Gasteiger partial charge is 0.00974 e. The molecule has 0 aliphatic rings. The first-order chi connectivity index (χ1) is 5.88. The Morgan fingerprint density at radius 3 is 2.42 bits per heavy atom. The van der Waals surface area contributed by atoms with E-state index in [1.165, 1.54) is 11.1 Å². The van der Waals surface area contributed by atoms with Gasteiger partial charge in [-0.1, -0.05) is 42.5 Å². The first-order valence-corrected chi connectivity index (χ1v) is 4.03. The van der Waals surface area contributed by atoms with E-state index >= 15 is 0 Å².